The van der Waals surface area contributed by atoms with Crippen LogP contribution in [0.25, 0.3) is 0 Å². The van der Waals surface area contributed by atoms with Gasteiger partial charge < -0.3 is 9.90 Å². The molecule has 0 unspecified atom stereocenters. The summed E-state index contributed by atoms with van der Waals surface area (Å²) in [6.07, 6.45) is 2.70. The van der Waals surface area contributed by atoms with E-state index in [9.17, 15) is 29.1 Å². The molecule has 0 bridgehead atoms. The van der Waals surface area contributed by atoms with E-state index in [1.54, 1.807) is 0 Å². The van der Waals surface area contributed by atoms with Gasteiger partial charge in [-0.1, -0.05) is 41.5 Å². The lowest BCUT2D eigenvalue weighted by Gasteiger charge is -2.60. The number of rotatable bonds is 7. The summed E-state index contributed by atoms with van der Waals surface area (Å²) in [5, 5.41) is 11.6. The van der Waals surface area contributed by atoms with E-state index in [-0.39, 0.29) is 59.6 Å². The molecule has 1 N–H and O–H groups in total. The molecule has 4 aliphatic rings. The molecule has 0 amide bonds. The van der Waals surface area contributed by atoms with E-state index >= 15 is 0 Å². The van der Waals surface area contributed by atoms with Crippen molar-refractivity contribution >= 4 is 29.4 Å². The largest absolute Gasteiger partial charge is 0.389 e. The molecule has 4 rings (SSSR count). The van der Waals surface area contributed by atoms with E-state index in [0.29, 0.717) is 49.7 Å². The number of fused-ring (bicyclic) bond motifs is 4. The van der Waals surface area contributed by atoms with Crippen LogP contribution in [0, 0.1) is 45.3 Å². The van der Waals surface area contributed by atoms with Gasteiger partial charge in [-0.15, -0.1) is 0 Å². The molecular weight excluding hydrogens is 468 g/mol. The fraction of sp³-hybridized carbons (Fsp3) is 0.774. The molecule has 0 spiro atoms. The summed E-state index contributed by atoms with van der Waals surface area (Å²) < 4.78 is 0. The summed E-state index contributed by atoms with van der Waals surface area (Å²) in [4.78, 5) is 64.4. The number of Topliss-reactive ketones (excluding diaryl/α,β-unsaturated/α-hetero) is 4. The van der Waals surface area contributed by atoms with Gasteiger partial charge in [-0.25, -0.2) is 0 Å². The van der Waals surface area contributed by atoms with Gasteiger partial charge in [0.25, 0.3) is 0 Å². The molecule has 204 valence electrons. The number of aldehydes is 1. The Hall–Kier alpha value is -1.95. The lowest BCUT2D eigenvalue weighted by atomic mass is 9.42. The van der Waals surface area contributed by atoms with Crippen LogP contribution in [0.5, 0.6) is 0 Å². The van der Waals surface area contributed by atoms with Crippen molar-refractivity contribution in [2.75, 3.05) is 0 Å². The molecule has 0 aromatic heterocycles. The molecule has 0 aromatic carbocycles. The van der Waals surface area contributed by atoms with Crippen molar-refractivity contribution in [1.29, 1.82) is 0 Å². The average Bonchev–Trinajstić information content (AvgIpc) is 2.99. The molecule has 2 fully saturated rings. The first-order valence-electron chi connectivity index (χ1n) is 14.0. The van der Waals surface area contributed by atoms with E-state index in [4.69, 9.17) is 0 Å². The van der Waals surface area contributed by atoms with E-state index in [1.165, 1.54) is 0 Å². The lowest BCUT2D eigenvalue weighted by molar-refractivity contribution is -0.147. The van der Waals surface area contributed by atoms with Gasteiger partial charge in [-0.05, 0) is 54.4 Å². The molecule has 0 saturated heterocycles. The zero-order chi connectivity index (χ0) is 27.7. The average molecular weight is 513 g/mol. The highest BCUT2D eigenvalue weighted by molar-refractivity contribution is 6.05. The quantitative estimate of drug-likeness (QED) is 0.489. The lowest BCUT2D eigenvalue weighted by Crippen LogP contribution is -2.60. The maximum atomic E-state index is 14.1. The number of allylic oxidation sites excluding steroid dienone is 1. The summed E-state index contributed by atoms with van der Waals surface area (Å²) >= 11 is 0. The van der Waals surface area contributed by atoms with Gasteiger partial charge in [0.15, 0.2) is 5.78 Å². The fourth-order valence-corrected chi connectivity index (χ4v) is 9.14. The van der Waals surface area contributed by atoms with Crippen molar-refractivity contribution < 1.29 is 29.1 Å². The van der Waals surface area contributed by atoms with Gasteiger partial charge >= 0.3 is 0 Å². The van der Waals surface area contributed by atoms with Gasteiger partial charge in [0.05, 0.1) is 11.5 Å². The number of hydrogen-bond donors (Lipinski definition) is 1. The molecule has 37 heavy (non-hydrogen) atoms. The van der Waals surface area contributed by atoms with Crippen LogP contribution in [0.3, 0.4) is 0 Å². The molecule has 0 heterocycles. The number of carbonyl (C=O) groups excluding carboxylic acids is 5. The van der Waals surface area contributed by atoms with Crippen molar-refractivity contribution in [3.63, 3.8) is 0 Å². The molecule has 6 heteroatoms. The number of hydrogen-bond acceptors (Lipinski definition) is 6. The summed E-state index contributed by atoms with van der Waals surface area (Å²) in [7, 11) is 0. The molecule has 0 aromatic rings. The summed E-state index contributed by atoms with van der Waals surface area (Å²) in [5.41, 5.74) is -1.67. The predicted octanol–water partition coefficient (Wildman–Crippen LogP) is 4.84. The predicted molar refractivity (Wildman–Crippen MR) is 139 cm³/mol. The number of aliphatic hydroxyl groups excluding tert-OH is 1. The Kier molecular flexibility index (Phi) is 6.88. The Morgan fingerprint density at radius 2 is 1.70 bits per heavy atom. The molecule has 0 aliphatic heterocycles. The minimum absolute atomic E-state index is 0.00932. The minimum atomic E-state index is -0.984. The molecule has 8 atom stereocenters. The Morgan fingerprint density at radius 1 is 1.05 bits per heavy atom. The number of ketones is 4. The normalized spacial score (nSPS) is 40.5. The molecule has 2 saturated carbocycles. The van der Waals surface area contributed by atoms with Crippen molar-refractivity contribution in [3.05, 3.63) is 11.1 Å². The van der Waals surface area contributed by atoms with Crippen LogP contribution in [-0.2, 0) is 24.0 Å². The van der Waals surface area contributed by atoms with Gasteiger partial charge in [0.1, 0.15) is 23.6 Å². The summed E-state index contributed by atoms with van der Waals surface area (Å²) in [6, 6.07) is 0. The third kappa shape index (κ3) is 3.87. The van der Waals surface area contributed by atoms with Crippen LogP contribution in [0.4, 0.5) is 0 Å². The fourth-order valence-electron chi connectivity index (χ4n) is 9.14. The van der Waals surface area contributed by atoms with E-state index in [0.717, 1.165) is 6.29 Å². The zero-order valence-electron chi connectivity index (χ0n) is 23.6. The minimum Gasteiger partial charge on any atom is -0.389 e. The second kappa shape index (κ2) is 9.07. The van der Waals surface area contributed by atoms with E-state index in [1.807, 2.05) is 41.5 Å². The monoisotopic (exact) mass is 512 g/mol. The van der Waals surface area contributed by atoms with Crippen LogP contribution in [0.15, 0.2) is 11.1 Å². The van der Waals surface area contributed by atoms with Crippen LogP contribution in [0.1, 0.15) is 99.8 Å². The molecule has 0 radical (unpaired) electrons. The highest BCUT2D eigenvalue weighted by Crippen LogP contribution is 2.70. The van der Waals surface area contributed by atoms with Gasteiger partial charge in [0.2, 0.25) is 0 Å². The van der Waals surface area contributed by atoms with Crippen molar-refractivity contribution in [2.45, 2.75) is 106 Å². The van der Waals surface area contributed by atoms with Crippen LogP contribution < -0.4 is 0 Å². The Morgan fingerprint density at radius 3 is 2.32 bits per heavy atom. The van der Waals surface area contributed by atoms with Gasteiger partial charge in [-0.3, -0.25) is 19.2 Å². The third-order valence-electron chi connectivity index (χ3n) is 11.4. The van der Waals surface area contributed by atoms with Crippen molar-refractivity contribution in [2.24, 2.45) is 45.3 Å². The molecule has 4 aliphatic carbocycles. The topological polar surface area (TPSA) is 106 Å². The summed E-state index contributed by atoms with van der Waals surface area (Å²) in [6.45, 7) is 13.7. The molecule has 6 nitrogen and oxygen atoms in total. The second-order valence-corrected chi connectivity index (χ2v) is 14.0. The first-order valence-corrected chi connectivity index (χ1v) is 14.0. The maximum Gasteiger partial charge on any atom is 0.160 e. The van der Waals surface area contributed by atoms with Crippen LogP contribution in [0.2, 0.25) is 0 Å². The SMILES string of the molecule is C[C@H](CC=O)CC(=O)C[C@@H](C)[C@H]1CC(=O)[C@@]2(C)C3=C(C(=O)C[C@]12C)[C@@]1(C)CCC(=O)C(C)(C)[C@@H]1C[C@@H]3O. The number of carbonyl (C=O) groups is 5. The maximum absolute atomic E-state index is 14.1. The number of aliphatic hydroxyl groups is 1. The Balaban J connectivity index is 1.74. The van der Waals surface area contributed by atoms with Crippen molar-refractivity contribution in [3.8, 4) is 0 Å². The zero-order valence-corrected chi connectivity index (χ0v) is 23.6. The highest BCUT2D eigenvalue weighted by Gasteiger charge is 2.70. The highest BCUT2D eigenvalue weighted by atomic mass is 16.3. The van der Waals surface area contributed by atoms with Crippen molar-refractivity contribution in [1.82, 2.24) is 0 Å². The Bertz CT molecular complexity index is 1080. The first kappa shape index (κ1) is 28.1. The Labute approximate surface area is 221 Å². The summed E-state index contributed by atoms with van der Waals surface area (Å²) in [5.74, 6) is -0.147. The van der Waals surface area contributed by atoms with E-state index in [2.05, 4.69) is 6.92 Å². The van der Waals surface area contributed by atoms with E-state index < -0.39 is 27.8 Å². The van der Waals surface area contributed by atoms with Gasteiger partial charge in [-0.2, -0.15) is 0 Å². The third-order valence-corrected chi connectivity index (χ3v) is 11.4. The molecular formula is C31H44O6. The second-order valence-electron chi connectivity index (χ2n) is 14.0. The van der Waals surface area contributed by atoms with Gasteiger partial charge in [0, 0.05) is 54.9 Å². The first-order chi connectivity index (χ1) is 17.1. The standard InChI is InChI=1S/C31H44O6/c1-17(9-11-32)12-19(33)13-18(2)20-14-25(37)31(7)27-21(34)15-23-28(3,4)24(36)8-10-29(23,5)26(27)22(35)16-30(20,31)6/h11,17-18,20-21,23,34H,8-10,12-16H2,1-7H3/t17-,18-,20-,21+,23+,29+,30-,31+/m1/s1. The smallest absolute Gasteiger partial charge is 0.160 e. The van der Waals surface area contributed by atoms with Crippen LogP contribution in [-0.4, -0.2) is 40.6 Å². The van der Waals surface area contributed by atoms with Crippen LogP contribution >= 0.6 is 0 Å².